The first-order valence-electron chi connectivity index (χ1n) is 6.83. The lowest BCUT2D eigenvalue weighted by Gasteiger charge is -2.05. The van der Waals surface area contributed by atoms with Crippen LogP contribution in [0.3, 0.4) is 0 Å². The van der Waals surface area contributed by atoms with E-state index < -0.39 is 10.0 Å². The zero-order chi connectivity index (χ0) is 15.3. The Hall–Kier alpha value is -1.22. The molecule has 0 fully saturated rings. The van der Waals surface area contributed by atoms with Crippen molar-refractivity contribution in [1.29, 1.82) is 0 Å². The number of nitrogens with one attached hydrogen (secondary N) is 2. The fourth-order valence-electron chi connectivity index (χ4n) is 1.95. The van der Waals surface area contributed by atoms with Gasteiger partial charge in [0, 0.05) is 42.6 Å². The second kappa shape index (κ2) is 7.17. The van der Waals surface area contributed by atoms with Crippen LogP contribution in [0.5, 0.6) is 0 Å². The zero-order valence-corrected chi connectivity index (χ0v) is 13.8. The van der Waals surface area contributed by atoms with E-state index in [1.54, 1.807) is 24.0 Å². The minimum absolute atomic E-state index is 0.271. The molecule has 0 amide bonds. The van der Waals surface area contributed by atoms with Crippen LogP contribution in [0, 0.1) is 0 Å². The van der Waals surface area contributed by atoms with Gasteiger partial charge in [-0.05, 0) is 19.5 Å². The van der Waals surface area contributed by atoms with E-state index in [1.807, 2.05) is 18.4 Å². The molecule has 6 nitrogen and oxygen atoms in total. The van der Waals surface area contributed by atoms with Crippen LogP contribution in [0.25, 0.3) is 0 Å². The van der Waals surface area contributed by atoms with Gasteiger partial charge in [0.25, 0.3) is 0 Å². The summed E-state index contributed by atoms with van der Waals surface area (Å²) in [5.41, 5.74) is 2.66. The second-order valence-electron chi connectivity index (χ2n) is 4.53. The van der Waals surface area contributed by atoms with Crippen molar-refractivity contribution < 1.29 is 8.42 Å². The summed E-state index contributed by atoms with van der Waals surface area (Å²) in [6, 6.07) is 1.72. The third kappa shape index (κ3) is 4.13. The van der Waals surface area contributed by atoms with E-state index in [-0.39, 0.29) is 6.54 Å². The molecule has 0 spiro atoms. The van der Waals surface area contributed by atoms with E-state index in [4.69, 9.17) is 0 Å². The Balaban J connectivity index is 2.13. The largest absolute Gasteiger partial charge is 0.349 e. The van der Waals surface area contributed by atoms with Gasteiger partial charge < -0.3 is 9.88 Å². The molecule has 8 heteroatoms. The summed E-state index contributed by atoms with van der Waals surface area (Å²) in [6.07, 6.45) is 3.35. The van der Waals surface area contributed by atoms with E-state index in [9.17, 15) is 8.42 Å². The van der Waals surface area contributed by atoms with Gasteiger partial charge in [-0.3, -0.25) is 4.98 Å². The summed E-state index contributed by atoms with van der Waals surface area (Å²) < 4.78 is 29.2. The molecule has 0 aliphatic carbocycles. The number of sulfonamides is 1. The number of aromatic nitrogens is 2. The van der Waals surface area contributed by atoms with Crippen LogP contribution in [0.4, 0.5) is 0 Å². The average molecular weight is 328 g/mol. The summed E-state index contributed by atoms with van der Waals surface area (Å²) in [7, 11) is -3.49. The topological polar surface area (TPSA) is 76.0 Å². The standard InChI is InChI=1S/C13H20N4O2S2/c1-3-14-6-11-5-13(9-17(11)4-2)21(18,19)16-8-12-7-15-10-20-12/h5,7,9-10,14,16H,3-4,6,8H2,1-2H3. The van der Waals surface area contributed by atoms with Gasteiger partial charge in [-0.2, -0.15) is 0 Å². The highest BCUT2D eigenvalue weighted by molar-refractivity contribution is 7.89. The first-order valence-corrected chi connectivity index (χ1v) is 9.20. The fourth-order valence-corrected chi connectivity index (χ4v) is 3.64. The van der Waals surface area contributed by atoms with Crippen LogP contribution in [-0.4, -0.2) is 24.5 Å². The first-order chi connectivity index (χ1) is 10.1. The Morgan fingerprint density at radius 1 is 1.33 bits per heavy atom. The Labute approximate surface area is 129 Å². The highest BCUT2D eigenvalue weighted by Gasteiger charge is 2.18. The maximum absolute atomic E-state index is 12.3. The van der Waals surface area contributed by atoms with Crippen molar-refractivity contribution in [2.45, 2.75) is 38.4 Å². The maximum atomic E-state index is 12.3. The van der Waals surface area contributed by atoms with Gasteiger partial charge in [0.1, 0.15) is 0 Å². The van der Waals surface area contributed by atoms with Crippen molar-refractivity contribution >= 4 is 21.4 Å². The summed E-state index contributed by atoms with van der Waals surface area (Å²) in [4.78, 5) is 5.13. The molecule has 0 saturated heterocycles. The van der Waals surface area contributed by atoms with E-state index in [1.165, 1.54) is 11.3 Å². The minimum atomic E-state index is -3.49. The smallest absolute Gasteiger partial charge is 0.242 e. The summed E-state index contributed by atoms with van der Waals surface area (Å²) >= 11 is 1.43. The number of nitrogens with zero attached hydrogens (tertiary/aromatic N) is 2. The molecule has 116 valence electrons. The Morgan fingerprint density at radius 3 is 2.76 bits per heavy atom. The minimum Gasteiger partial charge on any atom is -0.349 e. The van der Waals surface area contributed by atoms with E-state index in [0.717, 1.165) is 23.7 Å². The van der Waals surface area contributed by atoms with Crippen LogP contribution in [-0.2, 0) is 29.7 Å². The molecule has 0 unspecified atom stereocenters. The molecule has 0 radical (unpaired) electrons. The maximum Gasteiger partial charge on any atom is 0.242 e. The molecule has 21 heavy (non-hydrogen) atoms. The second-order valence-corrected chi connectivity index (χ2v) is 7.26. The van der Waals surface area contributed by atoms with Crippen LogP contribution in [0.2, 0.25) is 0 Å². The molecule has 0 aliphatic heterocycles. The molecule has 2 heterocycles. The van der Waals surface area contributed by atoms with E-state index in [2.05, 4.69) is 15.0 Å². The van der Waals surface area contributed by atoms with Crippen LogP contribution >= 0.6 is 11.3 Å². The molecule has 2 rings (SSSR count). The van der Waals surface area contributed by atoms with Gasteiger partial charge in [-0.25, -0.2) is 13.1 Å². The van der Waals surface area contributed by atoms with Crippen molar-refractivity contribution in [1.82, 2.24) is 19.6 Å². The molecule has 2 N–H and O–H groups in total. The number of aryl methyl sites for hydroxylation is 1. The molecule has 2 aromatic rings. The molecule has 0 aliphatic rings. The predicted octanol–water partition coefficient (Wildman–Crippen LogP) is 1.55. The van der Waals surface area contributed by atoms with Gasteiger partial charge in [0.15, 0.2) is 0 Å². The Kier molecular flexibility index (Phi) is 5.51. The molecule has 0 saturated carbocycles. The number of hydrogen-bond donors (Lipinski definition) is 2. The normalized spacial score (nSPS) is 11.9. The lowest BCUT2D eigenvalue weighted by molar-refractivity contribution is 0.581. The number of thiazole rings is 1. The van der Waals surface area contributed by atoms with Crippen LogP contribution in [0.15, 0.2) is 28.9 Å². The lowest BCUT2D eigenvalue weighted by Crippen LogP contribution is -2.22. The summed E-state index contributed by atoms with van der Waals surface area (Å²) in [5.74, 6) is 0. The molecule has 0 atom stereocenters. The van der Waals surface area contributed by atoms with Gasteiger partial charge >= 0.3 is 0 Å². The SMILES string of the molecule is CCNCc1cc(S(=O)(=O)NCc2cncs2)cn1CC. The van der Waals surface area contributed by atoms with E-state index in [0.29, 0.717) is 11.4 Å². The average Bonchev–Trinajstić information content (AvgIpc) is 3.12. The zero-order valence-electron chi connectivity index (χ0n) is 12.2. The van der Waals surface area contributed by atoms with Gasteiger partial charge in [-0.15, -0.1) is 11.3 Å². The van der Waals surface area contributed by atoms with Crippen LogP contribution < -0.4 is 10.0 Å². The van der Waals surface area contributed by atoms with Crippen molar-refractivity contribution in [3.8, 4) is 0 Å². The summed E-state index contributed by atoms with van der Waals surface area (Å²) in [5, 5.41) is 3.22. The van der Waals surface area contributed by atoms with Gasteiger partial charge in [0.2, 0.25) is 10.0 Å². The van der Waals surface area contributed by atoms with E-state index >= 15 is 0 Å². The molecular formula is C13H20N4O2S2. The molecule has 2 aromatic heterocycles. The quantitative estimate of drug-likeness (QED) is 0.771. The Bertz CT molecular complexity index is 662. The van der Waals surface area contributed by atoms with Crippen molar-refractivity contribution in [3.63, 3.8) is 0 Å². The van der Waals surface area contributed by atoms with Gasteiger partial charge in [0.05, 0.1) is 10.4 Å². The third-order valence-electron chi connectivity index (χ3n) is 3.09. The molecule has 0 bridgehead atoms. The van der Waals surface area contributed by atoms with Crippen LogP contribution in [0.1, 0.15) is 24.4 Å². The van der Waals surface area contributed by atoms with Crippen molar-refractivity contribution in [3.05, 3.63) is 34.5 Å². The predicted molar refractivity (Wildman–Crippen MR) is 83.6 cm³/mol. The van der Waals surface area contributed by atoms with Gasteiger partial charge in [-0.1, -0.05) is 6.92 Å². The van der Waals surface area contributed by atoms with Crippen molar-refractivity contribution in [2.24, 2.45) is 0 Å². The highest BCUT2D eigenvalue weighted by Crippen LogP contribution is 2.15. The first kappa shape index (κ1) is 16.2. The lowest BCUT2D eigenvalue weighted by atomic mass is 10.4. The Morgan fingerprint density at radius 2 is 2.14 bits per heavy atom. The van der Waals surface area contributed by atoms with Crippen molar-refractivity contribution in [2.75, 3.05) is 6.54 Å². The highest BCUT2D eigenvalue weighted by atomic mass is 32.2. The third-order valence-corrected chi connectivity index (χ3v) is 5.24. The monoisotopic (exact) mass is 328 g/mol. The fraction of sp³-hybridized carbons (Fsp3) is 0.462. The summed E-state index contributed by atoms with van der Waals surface area (Å²) in [6.45, 7) is 6.54. The molecular weight excluding hydrogens is 308 g/mol. The molecule has 0 aromatic carbocycles. The number of hydrogen-bond acceptors (Lipinski definition) is 5. The number of rotatable bonds is 8.